The second-order valence-electron chi connectivity index (χ2n) is 5.32. The van der Waals surface area contributed by atoms with Crippen molar-refractivity contribution in [2.24, 2.45) is 7.05 Å². The number of halogens is 1. The van der Waals surface area contributed by atoms with Gasteiger partial charge in [-0.2, -0.15) is 5.10 Å². The number of alkyl halides is 1. The summed E-state index contributed by atoms with van der Waals surface area (Å²) in [5.41, 5.74) is 3.68. The first-order valence-corrected chi connectivity index (χ1v) is 8.24. The SMILES string of the molecule is CCc1nn(CCc2nccn2C)c(CC)c1C(Cl)CC. The average molecular weight is 309 g/mol. The van der Waals surface area contributed by atoms with Crippen molar-refractivity contribution < 1.29 is 0 Å². The van der Waals surface area contributed by atoms with Crippen LogP contribution in [0.25, 0.3) is 0 Å². The van der Waals surface area contributed by atoms with Gasteiger partial charge in [0.25, 0.3) is 0 Å². The molecule has 4 nitrogen and oxygen atoms in total. The molecule has 2 aromatic heterocycles. The van der Waals surface area contributed by atoms with Crippen LogP contribution in [0.5, 0.6) is 0 Å². The summed E-state index contributed by atoms with van der Waals surface area (Å²) < 4.78 is 4.20. The molecule has 0 aliphatic rings. The summed E-state index contributed by atoms with van der Waals surface area (Å²) in [4.78, 5) is 4.38. The molecule has 0 aliphatic carbocycles. The lowest BCUT2D eigenvalue weighted by Gasteiger charge is -2.11. The second kappa shape index (κ2) is 7.12. The molecule has 5 heteroatoms. The number of imidazole rings is 1. The average Bonchev–Trinajstić information content (AvgIpc) is 3.06. The van der Waals surface area contributed by atoms with Gasteiger partial charge in [-0.3, -0.25) is 4.68 Å². The predicted octanol–water partition coefficient (Wildman–Crippen LogP) is 3.67. The van der Waals surface area contributed by atoms with Crippen LogP contribution in [-0.2, 0) is 32.9 Å². The van der Waals surface area contributed by atoms with E-state index in [0.29, 0.717) is 0 Å². The molecular weight excluding hydrogens is 284 g/mol. The number of aromatic nitrogens is 4. The molecular formula is C16H25ClN4. The molecule has 1 unspecified atom stereocenters. The Balaban J connectivity index is 2.26. The summed E-state index contributed by atoms with van der Waals surface area (Å²) in [6.45, 7) is 7.31. The molecule has 0 aromatic carbocycles. The van der Waals surface area contributed by atoms with Gasteiger partial charge >= 0.3 is 0 Å². The fraction of sp³-hybridized carbons (Fsp3) is 0.625. The second-order valence-corrected chi connectivity index (χ2v) is 5.84. The Kier molecular flexibility index (Phi) is 5.45. The Morgan fingerprint density at radius 1 is 1.24 bits per heavy atom. The number of rotatable bonds is 7. The maximum atomic E-state index is 6.53. The van der Waals surface area contributed by atoms with Gasteiger partial charge < -0.3 is 4.57 Å². The van der Waals surface area contributed by atoms with Crippen LogP contribution in [0.1, 0.15) is 55.3 Å². The lowest BCUT2D eigenvalue weighted by Crippen LogP contribution is -2.10. The van der Waals surface area contributed by atoms with E-state index in [-0.39, 0.29) is 5.38 Å². The van der Waals surface area contributed by atoms with Gasteiger partial charge in [0.15, 0.2) is 0 Å². The van der Waals surface area contributed by atoms with Crippen LogP contribution in [0.15, 0.2) is 12.4 Å². The summed E-state index contributed by atoms with van der Waals surface area (Å²) in [6.07, 6.45) is 7.54. The van der Waals surface area contributed by atoms with Crippen molar-refractivity contribution in [3.8, 4) is 0 Å². The van der Waals surface area contributed by atoms with Crippen LogP contribution in [0.2, 0.25) is 0 Å². The fourth-order valence-corrected chi connectivity index (χ4v) is 3.05. The third kappa shape index (κ3) is 3.31. The first-order chi connectivity index (χ1) is 10.1. The van der Waals surface area contributed by atoms with E-state index in [1.807, 2.05) is 19.4 Å². The van der Waals surface area contributed by atoms with E-state index in [2.05, 4.69) is 35.0 Å². The van der Waals surface area contributed by atoms with Crippen molar-refractivity contribution >= 4 is 11.6 Å². The van der Waals surface area contributed by atoms with Crippen molar-refractivity contribution in [3.63, 3.8) is 0 Å². The first-order valence-electron chi connectivity index (χ1n) is 7.80. The zero-order chi connectivity index (χ0) is 15.4. The minimum absolute atomic E-state index is 0.0665. The molecule has 2 rings (SSSR count). The standard InChI is InChI=1S/C16H25ClN4/c1-5-12(17)16-13(6-2)19-21(14(16)7-3)10-8-15-18-9-11-20(15)4/h9,11-12H,5-8,10H2,1-4H3. The topological polar surface area (TPSA) is 35.6 Å². The molecule has 116 valence electrons. The molecule has 0 saturated carbocycles. The van der Waals surface area contributed by atoms with E-state index >= 15 is 0 Å². The van der Waals surface area contributed by atoms with Crippen molar-refractivity contribution in [3.05, 3.63) is 35.2 Å². The predicted molar refractivity (Wildman–Crippen MR) is 86.8 cm³/mol. The lowest BCUT2D eigenvalue weighted by atomic mass is 10.0. The summed E-state index contributed by atoms with van der Waals surface area (Å²) in [6, 6.07) is 0. The molecule has 0 amide bonds. The van der Waals surface area contributed by atoms with E-state index < -0.39 is 0 Å². The molecule has 0 radical (unpaired) electrons. The smallest absolute Gasteiger partial charge is 0.110 e. The van der Waals surface area contributed by atoms with Crippen LogP contribution >= 0.6 is 11.6 Å². The third-order valence-electron chi connectivity index (χ3n) is 3.98. The summed E-state index contributed by atoms with van der Waals surface area (Å²) >= 11 is 6.53. The number of hydrogen-bond donors (Lipinski definition) is 0. The molecule has 21 heavy (non-hydrogen) atoms. The highest BCUT2D eigenvalue weighted by Crippen LogP contribution is 2.31. The third-order valence-corrected chi connectivity index (χ3v) is 4.51. The Morgan fingerprint density at radius 2 is 2.00 bits per heavy atom. The quantitative estimate of drug-likeness (QED) is 0.732. The highest BCUT2D eigenvalue weighted by Gasteiger charge is 2.20. The summed E-state index contributed by atoms with van der Waals surface area (Å²) in [5, 5.41) is 4.86. The Morgan fingerprint density at radius 3 is 2.52 bits per heavy atom. The molecule has 0 aliphatic heterocycles. The largest absolute Gasteiger partial charge is 0.338 e. The summed E-state index contributed by atoms with van der Waals surface area (Å²) in [7, 11) is 2.03. The van der Waals surface area contributed by atoms with Gasteiger partial charge in [0, 0.05) is 43.7 Å². The molecule has 0 saturated heterocycles. The Labute approximate surface area is 132 Å². The van der Waals surface area contributed by atoms with Gasteiger partial charge in [0.2, 0.25) is 0 Å². The molecule has 1 atom stereocenters. The fourth-order valence-electron chi connectivity index (χ4n) is 2.79. The molecule has 2 heterocycles. The number of aryl methyl sites for hydroxylation is 4. The lowest BCUT2D eigenvalue weighted by molar-refractivity contribution is 0.561. The zero-order valence-electron chi connectivity index (χ0n) is 13.4. The number of hydrogen-bond acceptors (Lipinski definition) is 2. The van der Waals surface area contributed by atoms with E-state index in [9.17, 15) is 0 Å². The highest BCUT2D eigenvalue weighted by molar-refractivity contribution is 6.20. The van der Waals surface area contributed by atoms with Crippen LogP contribution < -0.4 is 0 Å². The maximum Gasteiger partial charge on any atom is 0.110 e. The minimum atomic E-state index is 0.0665. The molecule has 0 fully saturated rings. The van der Waals surface area contributed by atoms with Gasteiger partial charge in [-0.05, 0) is 19.3 Å². The van der Waals surface area contributed by atoms with Crippen LogP contribution in [0.3, 0.4) is 0 Å². The first kappa shape index (κ1) is 16.1. The van der Waals surface area contributed by atoms with Gasteiger partial charge in [-0.15, -0.1) is 11.6 Å². The van der Waals surface area contributed by atoms with Gasteiger partial charge in [0.1, 0.15) is 5.82 Å². The van der Waals surface area contributed by atoms with E-state index in [1.54, 1.807) is 0 Å². The van der Waals surface area contributed by atoms with Crippen molar-refractivity contribution in [2.75, 3.05) is 0 Å². The molecule has 0 N–H and O–H groups in total. The van der Waals surface area contributed by atoms with Crippen molar-refractivity contribution in [2.45, 2.75) is 58.4 Å². The highest BCUT2D eigenvalue weighted by atomic mass is 35.5. The molecule has 2 aromatic rings. The van der Waals surface area contributed by atoms with Crippen LogP contribution in [0, 0.1) is 0 Å². The monoisotopic (exact) mass is 308 g/mol. The maximum absolute atomic E-state index is 6.53. The van der Waals surface area contributed by atoms with E-state index in [1.165, 1.54) is 11.3 Å². The van der Waals surface area contributed by atoms with Crippen molar-refractivity contribution in [1.82, 2.24) is 19.3 Å². The Hall–Kier alpha value is -1.29. The van der Waals surface area contributed by atoms with Gasteiger partial charge in [-0.25, -0.2) is 4.98 Å². The van der Waals surface area contributed by atoms with Crippen LogP contribution in [-0.4, -0.2) is 19.3 Å². The normalized spacial score (nSPS) is 12.8. The molecule has 0 spiro atoms. The van der Waals surface area contributed by atoms with Gasteiger partial charge in [-0.1, -0.05) is 20.8 Å². The summed E-state index contributed by atoms with van der Waals surface area (Å²) in [5.74, 6) is 1.09. The zero-order valence-corrected chi connectivity index (χ0v) is 14.2. The number of nitrogens with zero attached hydrogens (tertiary/aromatic N) is 4. The molecule has 0 bridgehead atoms. The Bertz CT molecular complexity index is 585. The van der Waals surface area contributed by atoms with Crippen LogP contribution in [0.4, 0.5) is 0 Å². The minimum Gasteiger partial charge on any atom is -0.338 e. The van der Waals surface area contributed by atoms with E-state index in [0.717, 1.165) is 43.7 Å². The van der Waals surface area contributed by atoms with Gasteiger partial charge in [0.05, 0.1) is 11.1 Å². The van der Waals surface area contributed by atoms with E-state index in [4.69, 9.17) is 16.7 Å². The van der Waals surface area contributed by atoms with Crippen molar-refractivity contribution in [1.29, 1.82) is 0 Å².